The average Bonchev–Trinajstić information content (AvgIpc) is 2.65. The molecule has 0 bridgehead atoms. The lowest BCUT2D eigenvalue weighted by Crippen LogP contribution is -2.17. The normalized spacial score (nSPS) is 25.8. The molecule has 0 N–H and O–H groups in total. The topological polar surface area (TPSA) is 9.23 Å². The predicted octanol–water partition coefficient (Wildman–Crippen LogP) is 7.16. The third-order valence-electron chi connectivity index (χ3n) is 5.57. The van der Waals surface area contributed by atoms with Gasteiger partial charge in [-0.1, -0.05) is 69.2 Å². The highest BCUT2D eigenvalue weighted by molar-refractivity contribution is 6.15. The van der Waals surface area contributed by atoms with Gasteiger partial charge >= 0.3 is 0 Å². The number of hydrogen-bond donors (Lipinski definition) is 0. The first-order valence-corrected chi connectivity index (χ1v) is 10.9. The van der Waals surface area contributed by atoms with Crippen LogP contribution >= 0.6 is 11.6 Å². The van der Waals surface area contributed by atoms with E-state index in [1.807, 2.05) is 0 Å². The van der Waals surface area contributed by atoms with Gasteiger partial charge in [-0.25, -0.2) is 0 Å². The molecule has 0 aromatic heterocycles. The van der Waals surface area contributed by atoms with E-state index < -0.39 is 0 Å². The molecule has 2 aliphatic carbocycles. The van der Waals surface area contributed by atoms with Crippen LogP contribution in [-0.2, 0) is 4.74 Å². The van der Waals surface area contributed by atoms with Crippen molar-refractivity contribution in [1.82, 2.24) is 0 Å². The third-order valence-corrected chi connectivity index (χ3v) is 5.57. The highest BCUT2D eigenvalue weighted by Crippen LogP contribution is 2.34. The van der Waals surface area contributed by atoms with Gasteiger partial charge < -0.3 is 4.74 Å². The van der Waals surface area contributed by atoms with E-state index in [4.69, 9.17) is 4.74 Å². The molecule has 0 radical (unpaired) electrons. The van der Waals surface area contributed by atoms with Crippen LogP contribution in [0.3, 0.4) is 0 Å². The quantitative estimate of drug-likeness (QED) is 0.255. The van der Waals surface area contributed by atoms with Crippen LogP contribution in [0.4, 0.5) is 0 Å². The maximum Gasteiger partial charge on any atom is 0.0647 e. The summed E-state index contributed by atoms with van der Waals surface area (Å²) in [6.07, 6.45) is 26.7. The van der Waals surface area contributed by atoms with Crippen LogP contribution in [0.2, 0.25) is 0 Å². The van der Waals surface area contributed by atoms with E-state index in [-0.39, 0.29) is 0 Å². The minimum Gasteiger partial charge on any atom is -0.378 e. The second-order valence-electron chi connectivity index (χ2n) is 7.24. The van der Waals surface area contributed by atoms with Crippen molar-refractivity contribution in [2.24, 2.45) is 17.8 Å². The van der Waals surface area contributed by atoms with Gasteiger partial charge in [-0.05, 0) is 50.4 Å². The van der Waals surface area contributed by atoms with Crippen molar-refractivity contribution in [2.75, 3.05) is 19.6 Å². The SMILES string of the molecule is CCOC/C=C\C[C@H]1CCCCC1/C=C/CC1CCCCC1.CCl. The van der Waals surface area contributed by atoms with Crippen molar-refractivity contribution in [3.63, 3.8) is 0 Å². The molecule has 0 aromatic rings. The van der Waals surface area contributed by atoms with Gasteiger partial charge in [0.2, 0.25) is 0 Å². The van der Waals surface area contributed by atoms with E-state index in [9.17, 15) is 0 Å². The number of halogens is 1. The number of ether oxygens (including phenoxy) is 1. The van der Waals surface area contributed by atoms with Crippen LogP contribution in [0, 0.1) is 17.8 Å². The summed E-state index contributed by atoms with van der Waals surface area (Å²) in [7, 11) is 0. The zero-order valence-corrected chi connectivity index (χ0v) is 16.8. The summed E-state index contributed by atoms with van der Waals surface area (Å²) in [5, 5.41) is 0. The van der Waals surface area contributed by atoms with Crippen molar-refractivity contribution >= 4 is 11.6 Å². The minimum absolute atomic E-state index is 0.783. The molecular formula is C22H39ClO. The largest absolute Gasteiger partial charge is 0.378 e. The zero-order valence-electron chi connectivity index (χ0n) is 16.0. The second-order valence-corrected chi connectivity index (χ2v) is 7.24. The number of alkyl halides is 1. The molecule has 2 rings (SSSR count). The van der Waals surface area contributed by atoms with E-state index in [0.717, 1.165) is 31.0 Å². The Morgan fingerprint density at radius 3 is 2.29 bits per heavy atom. The highest BCUT2D eigenvalue weighted by atomic mass is 35.5. The Kier molecular flexibility index (Phi) is 13.6. The molecule has 0 aromatic carbocycles. The first-order chi connectivity index (χ1) is 11.9. The maximum absolute atomic E-state index is 5.38. The van der Waals surface area contributed by atoms with E-state index in [0.29, 0.717) is 0 Å². The van der Waals surface area contributed by atoms with Crippen LogP contribution < -0.4 is 0 Å². The van der Waals surface area contributed by atoms with Crippen LogP contribution in [0.5, 0.6) is 0 Å². The molecular weight excluding hydrogens is 316 g/mol. The predicted molar refractivity (Wildman–Crippen MR) is 108 cm³/mol. The number of rotatable bonds is 8. The van der Waals surface area contributed by atoms with E-state index in [2.05, 4.69) is 42.8 Å². The molecule has 2 saturated carbocycles. The Hall–Kier alpha value is -0.270. The molecule has 2 aliphatic rings. The molecule has 2 atom stereocenters. The summed E-state index contributed by atoms with van der Waals surface area (Å²) in [5.74, 6) is 2.68. The van der Waals surface area contributed by atoms with Crippen LogP contribution in [0.1, 0.15) is 77.6 Å². The summed E-state index contributed by atoms with van der Waals surface area (Å²) in [4.78, 5) is 0. The van der Waals surface area contributed by atoms with Gasteiger partial charge in [0.25, 0.3) is 0 Å². The molecule has 0 spiro atoms. The molecule has 0 amide bonds. The van der Waals surface area contributed by atoms with Gasteiger partial charge in [-0.15, -0.1) is 11.6 Å². The second kappa shape index (κ2) is 15.0. The number of hydrogen-bond acceptors (Lipinski definition) is 1. The van der Waals surface area contributed by atoms with Crippen LogP contribution in [-0.4, -0.2) is 19.6 Å². The molecule has 2 fully saturated rings. The fourth-order valence-corrected chi connectivity index (χ4v) is 4.18. The van der Waals surface area contributed by atoms with Crippen molar-refractivity contribution in [1.29, 1.82) is 0 Å². The summed E-state index contributed by atoms with van der Waals surface area (Å²) < 4.78 is 5.38. The summed E-state index contributed by atoms with van der Waals surface area (Å²) >= 11 is 4.64. The highest BCUT2D eigenvalue weighted by Gasteiger charge is 2.22. The van der Waals surface area contributed by atoms with Gasteiger partial charge in [0.1, 0.15) is 0 Å². The fraction of sp³-hybridized carbons (Fsp3) is 0.818. The summed E-state index contributed by atoms with van der Waals surface area (Å²) in [6.45, 7) is 3.66. The smallest absolute Gasteiger partial charge is 0.0647 e. The first-order valence-electron chi connectivity index (χ1n) is 10.2. The van der Waals surface area contributed by atoms with E-state index in [1.54, 1.807) is 0 Å². The van der Waals surface area contributed by atoms with Gasteiger partial charge in [-0.3, -0.25) is 0 Å². The summed E-state index contributed by atoms with van der Waals surface area (Å²) in [6, 6.07) is 0. The lowest BCUT2D eigenvalue weighted by Gasteiger charge is -2.29. The van der Waals surface area contributed by atoms with Crippen molar-refractivity contribution in [3.05, 3.63) is 24.3 Å². The lowest BCUT2D eigenvalue weighted by molar-refractivity contribution is 0.177. The number of allylic oxidation sites excluding steroid dienone is 3. The Morgan fingerprint density at radius 1 is 0.833 bits per heavy atom. The first kappa shape index (κ1) is 21.8. The fourth-order valence-electron chi connectivity index (χ4n) is 4.18. The monoisotopic (exact) mass is 354 g/mol. The van der Waals surface area contributed by atoms with E-state index >= 15 is 0 Å². The van der Waals surface area contributed by atoms with Crippen molar-refractivity contribution in [3.8, 4) is 0 Å². The molecule has 1 nitrogen and oxygen atoms in total. The summed E-state index contributed by atoms with van der Waals surface area (Å²) in [5.41, 5.74) is 0. The average molecular weight is 355 g/mol. The molecule has 140 valence electrons. The maximum atomic E-state index is 5.38. The Morgan fingerprint density at radius 2 is 1.54 bits per heavy atom. The van der Waals surface area contributed by atoms with Gasteiger partial charge in [0.15, 0.2) is 0 Å². The molecule has 0 aliphatic heterocycles. The molecule has 0 saturated heterocycles. The minimum atomic E-state index is 0.783. The van der Waals surface area contributed by atoms with Gasteiger partial charge in [0.05, 0.1) is 6.61 Å². The Bertz CT molecular complexity index is 331. The van der Waals surface area contributed by atoms with Gasteiger partial charge in [-0.2, -0.15) is 0 Å². The molecule has 0 heterocycles. The Balaban J connectivity index is 0.00000139. The lowest BCUT2D eigenvalue weighted by atomic mass is 9.77. The van der Waals surface area contributed by atoms with Gasteiger partial charge in [0, 0.05) is 13.0 Å². The Labute approximate surface area is 155 Å². The van der Waals surface area contributed by atoms with Crippen LogP contribution in [0.15, 0.2) is 24.3 Å². The zero-order chi connectivity index (χ0) is 17.5. The molecule has 1 unspecified atom stereocenters. The van der Waals surface area contributed by atoms with E-state index in [1.165, 1.54) is 77.0 Å². The van der Waals surface area contributed by atoms with Crippen molar-refractivity contribution in [2.45, 2.75) is 77.6 Å². The van der Waals surface area contributed by atoms with Crippen molar-refractivity contribution < 1.29 is 4.74 Å². The van der Waals surface area contributed by atoms with Crippen LogP contribution in [0.25, 0.3) is 0 Å². The molecule has 24 heavy (non-hydrogen) atoms. The standard InChI is InChI=1S/C21H36O.CH3Cl/c1-2-22-18-9-8-16-20-14-6-7-15-21(20)17-10-13-19-11-4-3-5-12-19;1-2/h8-10,17,19-21H,2-7,11-16,18H2,1H3;1H3/b9-8-,17-10+;/t20-,21?;/m1./s1. The molecule has 2 heteroatoms. The third kappa shape index (κ3) is 9.28.